The van der Waals surface area contributed by atoms with Crippen molar-refractivity contribution in [3.05, 3.63) is 34.3 Å². The van der Waals surface area contributed by atoms with Crippen LogP contribution in [0.1, 0.15) is 75.3 Å². The summed E-state index contributed by atoms with van der Waals surface area (Å²) in [7, 11) is -3.47. The molecule has 7 heteroatoms. The summed E-state index contributed by atoms with van der Waals surface area (Å²) in [6.07, 6.45) is 4.30. The Morgan fingerprint density at radius 1 is 1.24 bits per heavy atom. The van der Waals surface area contributed by atoms with Crippen LogP contribution in [0.2, 0.25) is 5.02 Å². The smallest absolute Gasteiger partial charge is 0.253 e. The zero-order chi connectivity index (χ0) is 18.8. The molecule has 1 aliphatic rings. The summed E-state index contributed by atoms with van der Waals surface area (Å²) in [6.45, 7) is 6.69. The minimum atomic E-state index is -3.47. The van der Waals surface area contributed by atoms with Crippen LogP contribution in [0, 0.1) is 0 Å². The minimum absolute atomic E-state index is 0.175. The molecule has 2 N–H and O–H groups in total. The lowest BCUT2D eigenvalue weighted by Crippen LogP contribution is -2.40. The van der Waals surface area contributed by atoms with Gasteiger partial charge < -0.3 is 5.32 Å². The topological polar surface area (TPSA) is 75.3 Å². The van der Waals surface area contributed by atoms with Crippen LogP contribution in [0.25, 0.3) is 0 Å². The number of hydrogen-bond acceptors (Lipinski definition) is 3. The van der Waals surface area contributed by atoms with Crippen molar-refractivity contribution in [1.82, 2.24) is 10.0 Å². The highest BCUT2D eigenvalue weighted by Gasteiger charge is 2.30. The van der Waals surface area contributed by atoms with Crippen molar-refractivity contribution < 1.29 is 13.2 Å². The number of carbonyl (C=O) groups is 1. The number of halogens is 1. The van der Waals surface area contributed by atoms with E-state index < -0.39 is 20.8 Å². The van der Waals surface area contributed by atoms with E-state index in [1.54, 1.807) is 45.9 Å². The van der Waals surface area contributed by atoms with Gasteiger partial charge in [-0.2, -0.15) is 0 Å². The van der Waals surface area contributed by atoms with Gasteiger partial charge in [0.05, 0.1) is 15.3 Å². The monoisotopic (exact) mass is 386 g/mol. The van der Waals surface area contributed by atoms with Gasteiger partial charge in [-0.25, -0.2) is 13.1 Å². The van der Waals surface area contributed by atoms with E-state index >= 15 is 0 Å². The van der Waals surface area contributed by atoms with Crippen LogP contribution >= 0.6 is 11.6 Å². The van der Waals surface area contributed by atoms with Crippen molar-refractivity contribution in [2.75, 3.05) is 0 Å². The van der Waals surface area contributed by atoms with Crippen molar-refractivity contribution in [2.24, 2.45) is 0 Å². The third-order valence-corrected chi connectivity index (χ3v) is 7.16. The number of hydrogen-bond donors (Lipinski definition) is 2. The normalized spacial score (nSPS) is 17.5. The largest absolute Gasteiger partial charge is 0.349 e. The Morgan fingerprint density at radius 3 is 2.36 bits per heavy atom. The number of rotatable bonds is 5. The van der Waals surface area contributed by atoms with Crippen molar-refractivity contribution in [1.29, 1.82) is 0 Å². The van der Waals surface area contributed by atoms with Crippen LogP contribution < -0.4 is 10.0 Å². The number of amides is 1. The number of carbonyl (C=O) groups excluding carboxylic acids is 1. The van der Waals surface area contributed by atoms with E-state index in [0.29, 0.717) is 10.6 Å². The van der Waals surface area contributed by atoms with E-state index in [2.05, 4.69) is 10.0 Å². The fourth-order valence-electron chi connectivity index (χ4n) is 2.80. The summed E-state index contributed by atoms with van der Waals surface area (Å²) < 4.78 is 26.3. The maximum atomic E-state index is 12.4. The van der Waals surface area contributed by atoms with Crippen LogP contribution in [0.4, 0.5) is 0 Å². The average Bonchev–Trinajstić information content (AvgIpc) is 2.98. The first-order valence-electron chi connectivity index (χ1n) is 8.63. The van der Waals surface area contributed by atoms with Crippen LogP contribution in [-0.4, -0.2) is 25.1 Å². The predicted molar refractivity (Wildman–Crippen MR) is 101 cm³/mol. The van der Waals surface area contributed by atoms with E-state index in [1.807, 2.05) is 0 Å². The molecule has 1 atom stereocenters. The molecule has 1 amide bonds. The fourth-order valence-corrected chi connectivity index (χ4v) is 4.03. The molecule has 0 radical (unpaired) electrons. The summed E-state index contributed by atoms with van der Waals surface area (Å²) in [5.74, 6) is -0.175. The van der Waals surface area contributed by atoms with Gasteiger partial charge in [0.25, 0.3) is 5.91 Å². The van der Waals surface area contributed by atoms with E-state index in [0.717, 1.165) is 31.2 Å². The number of sulfonamides is 1. The summed E-state index contributed by atoms with van der Waals surface area (Å²) in [4.78, 5) is 12.4. The molecule has 0 heterocycles. The molecule has 1 aliphatic carbocycles. The molecule has 2 rings (SSSR count). The number of benzene rings is 1. The van der Waals surface area contributed by atoms with Crippen molar-refractivity contribution in [3.63, 3.8) is 0 Å². The van der Waals surface area contributed by atoms with Crippen LogP contribution in [0.3, 0.4) is 0 Å². The summed E-state index contributed by atoms with van der Waals surface area (Å²) >= 11 is 6.28. The van der Waals surface area contributed by atoms with E-state index in [-0.39, 0.29) is 11.9 Å². The van der Waals surface area contributed by atoms with Crippen LogP contribution in [-0.2, 0) is 10.0 Å². The molecule has 0 unspecified atom stereocenters. The second kappa shape index (κ2) is 7.64. The third kappa shape index (κ3) is 4.96. The molecular weight excluding hydrogens is 360 g/mol. The van der Waals surface area contributed by atoms with Crippen LogP contribution in [0.5, 0.6) is 0 Å². The maximum absolute atomic E-state index is 12.4. The fraction of sp³-hybridized carbons (Fsp3) is 0.611. The Labute approximate surface area is 155 Å². The van der Waals surface area contributed by atoms with Crippen molar-refractivity contribution in [2.45, 2.75) is 70.2 Å². The van der Waals surface area contributed by atoms with Gasteiger partial charge in [0, 0.05) is 12.1 Å². The summed E-state index contributed by atoms with van der Waals surface area (Å²) in [5.41, 5.74) is 1.14. The lowest BCUT2D eigenvalue weighted by Gasteiger charge is -2.23. The zero-order valence-corrected chi connectivity index (χ0v) is 16.8. The van der Waals surface area contributed by atoms with E-state index in [1.165, 1.54) is 0 Å². The average molecular weight is 387 g/mol. The zero-order valence-electron chi connectivity index (χ0n) is 15.2. The van der Waals surface area contributed by atoms with Crippen molar-refractivity contribution >= 4 is 27.5 Å². The van der Waals surface area contributed by atoms with Gasteiger partial charge in [0.2, 0.25) is 10.0 Å². The van der Waals surface area contributed by atoms with Gasteiger partial charge in [-0.1, -0.05) is 30.5 Å². The minimum Gasteiger partial charge on any atom is -0.349 e. The molecular formula is C18H27ClN2O3S. The molecule has 0 bridgehead atoms. The number of nitrogens with one attached hydrogen (secondary N) is 2. The molecule has 1 aromatic carbocycles. The van der Waals surface area contributed by atoms with Gasteiger partial charge in [-0.3, -0.25) is 4.79 Å². The van der Waals surface area contributed by atoms with Gasteiger partial charge in [0.1, 0.15) is 0 Å². The van der Waals surface area contributed by atoms with E-state index in [4.69, 9.17) is 11.6 Å². The highest BCUT2D eigenvalue weighted by molar-refractivity contribution is 7.90. The Bertz CT molecular complexity index is 735. The standard InChI is InChI=1S/C18H27ClN2O3S/c1-12(21-25(23,24)18(2,3)4)13-9-10-15(16(19)11-13)17(22)20-14-7-5-6-8-14/h9-12,14,21H,5-8H2,1-4H3,(H,20,22)/t12-/m1/s1. The predicted octanol–water partition coefficient (Wildman–Crippen LogP) is 3.79. The molecule has 1 saturated carbocycles. The SMILES string of the molecule is C[C@@H](NS(=O)(=O)C(C)(C)C)c1ccc(C(=O)NC2CCCC2)c(Cl)c1. The molecule has 5 nitrogen and oxygen atoms in total. The first-order chi connectivity index (χ1) is 11.5. The highest BCUT2D eigenvalue weighted by Crippen LogP contribution is 2.25. The molecule has 25 heavy (non-hydrogen) atoms. The first kappa shape index (κ1) is 20.2. The molecule has 0 spiro atoms. The Balaban J connectivity index is 2.11. The first-order valence-corrected chi connectivity index (χ1v) is 10.5. The van der Waals surface area contributed by atoms with Gasteiger partial charge in [-0.05, 0) is 58.2 Å². The Hall–Kier alpha value is -1.11. The lowest BCUT2D eigenvalue weighted by molar-refractivity contribution is 0.0938. The molecule has 0 aliphatic heterocycles. The second-order valence-electron chi connectivity index (χ2n) is 7.65. The maximum Gasteiger partial charge on any atom is 0.253 e. The molecule has 0 aromatic heterocycles. The molecule has 1 aromatic rings. The molecule has 140 valence electrons. The van der Waals surface area contributed by atoms with E-state index in [9.17, 15) is 13.2 Å². The molecule has 0 saturated heterocycles. The quantitative estimate of drug-likeness (QED) is 0.808. The summed E-state index contributed by atoms with van der Waals surface area (Å²) in [5, 5.41) is 3.34. The van der Waals surface area contributed by atoms with Gasteiger partial charge in [0.15, 0.2) is 0 Å². The Kier molecular flexibility index (Phi) is 6.17. The second-order valence-corrected chi connectivity index (χ2v) is 10.5. The van der Waals surface area contributed by atoms with Gasteiger partial charge >= 0.3 is 0 Å². The van der Waals surface area contributed by atoms with Crippen LogP contribution in [0.15, 0.2) is 18.2 Å². The highest BCUT2D eigenvalue weighted by atomic mass is 35.5. The third-order valence-electron chi connectivity index (χ3n) is 4.57. The lowest BCUT2D eigenvalue weighted by atomic mass is 10.1. The Morgan fingerprint density at radius 2 is 1.84 bits per heavy atom. The van der Waals surface area contributed by atoms with Gasteiger partial charge in [-0.15, -0.1) is 0 Å². The summed E-state index contributed by atoms with van der Waals surface area (Å²) in [6, 6.07) is 4.84. The van der Waals surface area contributed by atoms with Crippen molar-refractivity contribution in [3.8, 4) is 0 Å². The molecule has 1 fully saturated rings.